The number of nitrogens with one attached hydrogen (secondary N) is 1. The molecule has 0 saturated carbocycles. The number of piperidine rings is 1. The van der Waals surface area contributed by atoms with Gasteiger partial charge in [0, 0.05) is 37.6 Å². The minimum absolute atomic E-state index is 0.0140. The summed E-state index contributed by atoms with van der Waals surface area (Å²) in [5.74, 6) is 0.137. The van der Waals surface area contributed by atoms with Crippen LogP contribution in [0.5, 0.6) is 0 Å². The Balaban J connectivity index is 1.58. The van der Waals surface area contributed by atoms with E-state index in [2.05, 4.69) is 5.32 Å². The van der Waals surface area contributed by atoms with Crippen LogP contribution in [-0.4, -0.2) is 59.0 Å². The molecule has 1 aromatic rings. The van der Waals surface area contributed by atoms with Gasteiger partial charge in [0.15, 0.2) is 0 Å². The van der Waals surface area contributed by atoms with Gasteiger partial charge in [-0.25, -0.2) is 4.79 Å². The second-order valence-corrected chi connectivity index (χ2v) is 9.75. The van der Waals surface area contributed by atoms with Crippen LogP contribution >= 0.6 is 11.6 Å². The predicted molar refractivity (Wildman–Crippen MR) is 119 cm³/mol. The number of hydrogen-bond acceptors (Lipinski definition) is 4. The molecule has 3 rings (SSSR count). The lowest BCUT2D eigenvalue weighted by molar-refractivity contribution is -0.143. The number of alkyl carbamates (subject to hydrolysis) is 1. The van der Waals surface area contributed by atoms with Crippen LogP contribution in [0, 0.1) is 5.92 Å². The smallest absolute Gasteiger partial charge is 0.407 e. The molecule has 2 aliphatic rings. The molecule has 31 heavy (non-hydrogen) atoms. The van der Waals surface area contributed by atoms with Gasteiger partial charge in [-0.1, -0.05) is 29.8 Å². The molecule has 2 saturated heterocycles. The standard InChI is InChI=1S/C23H32ClN3O4/c1-23(2,3)31-22(30)25-13-16-7-6-12-26(14-16)21(29)19-10-11-20(28)27(19)15-17-8-4-5-9-18(17)24/h4-5,8-9,16,19H,6-7,10-15H2,1-3H3,(H,25,30)/t16?,19-/m0/s1. The normalized spacial score (nSPS) is 21.9. The number of amides is 3. The molecule has 2 fully saturated rings. The Kier molecular flexibility index (Phi) is 7.46. The fourth-order valence-electron chi connectivity index (χ4n) is 4.18. The number of carbonyl (C=O) groups is 3. The zero-order valence-corrected chi connectivity index (χ0v) is 19.3. The molecule has 2 atom stereocenters. The first-order valence-electron chi connectivity index (χ1n) is 10.9. The summed E-state index contributed by atoms with van der Waals surface area (Å²) in [6.45, 7) is 7.52. The van der Waals surface area contributed by atoms with Crippen LogP contribution in [0.1, 0.15) is 52.0 Å². The molecule has 1 N–H and O–H groups in total. The van der Waals surface area contributed by atoms with Crippen LogP contribution in [0.2, 0.25) is 5.02 Å². The maximum atomic E-state index is 13.3. The highest BCUT2D eigenvalue weighted by Crippen LogP contribution is 2.27. The van der Waals surface area contributed by atoms with Crippen molar-refractivity contribution in [1.82, 2.24) is 15.1 Å². The lowest BCUT2D eigenvalue weighted by Gasteiger charge is -2.36. The van der Waals surface area contributed by atoms with Crippen molar-refractivity contribution < 1.29 is 19.1 Å². The summed E-state index contributed by atoms with van der Waals surface area (Å²) in [5.41, 5.74) is 0.300. The lowest BCUT2D eigenvalue weighted by Crippen LogP contribution is -2.51. The van der Waals surface area contributed by atoms with E-state index >= 15 is 0 Å². The van der Waals surface area contributed by atoms with E-state index < -0.39 is 17.7 Å². The third-order valence-electron chi connectivity index (χ3n) is 5.68. The van der Waals surface area contributed by atoms with Crippen molar-refractivity contribution in [1.29, 1.82) is 0 Å². The monoisotopic (exact) mass is 449 g/mol. The number of benzene rings is 1. The van der Waals surface area contributed by atoms with Crippen LogP contribution in [0.3, 0.4) is 0 Å². The number of ether oxygens (including phenoxy) is 1. The maximum Gasteiger partial charge on any atom is 0.407 e. The van der Waals surface area contributed by atoms with Crippen molar-refractivity contribution in [3.63, 3.8) is 0 Å². The van der Waals surface area contributed by atoms with E-state index in [-0.39, 0.29) is 17.7 Å². The predicted octanol–water partition coefficient (Wildman–Crippen LogP) is 3.59. The molecule has 170 valence electrons. The first kappa shape index (κ1) is 23.4. The highest BCUT2D eigenvalue weighted by atomic mass is 35.5. The number of halogens is 1. The van der Waals surface area contributed by atoms with E-state index in [9.17, 15) is 14.4 Å². The Morgan fingerprint density at radius 1 is 1.23 bits per heavy atom. The number of likely N-dealkylation sites (tertiary alicyclic amines) is 2. The van der Waals surface area contributed by atoms with Gasteiger partial charge >= 0.3 is 6.09 Å². The SMILES string of the molecule is CC(C)(C)OC(=O)NCC1CCCN(C(=O)[C@@H]2CCC(=O)N2Cc2ccccc2Cl)C1. The second kappa shape index (κ2) is 9.90. The first-order valence-corrected chi connectivity index (χ1v) is 11.3. The van der Waals surface area contributed by atoms with Gasteiger partial charge in [-0.3, -0.25) is 9.59 Å². The second-order valence-electron chi connectivity index (χ2n) is 9.34. The van der Waals surface area contributed by atoms with E-state index in [0.717, 1.165) is 18.4 Å². The molecule has 3 amide bonds. The quantitative estimate of drug-likeness (QED) is 0.744. The molecule has 2 aliphatic heterocycles. The third kappa shape index (κ3) is 6.35. The molecule has 0 aromatic heterocycles. The molecule has 0 radical (unpaired) electrons. The van der Waals surface area contributed by atoms with Gasteiger partial charge in [-0.15, -0.1) is 0 Å². The number of carbonyl (C=O) groups excluding carboxylic acids is 3. The van der Waals surface area contributed by atoms with Crippen molar-refractivity contribution in [2.45, 2.75) is 64.6 Å². The lowest BCUT2D eigenvalue weighted by atomic mass is 9.97. The van der Waals surface area contributed by atoms with Crippen LogP contribution in [0.15, 0.2) is 24.3 Å². The Bertz CT molecular complexity index is 823. The van der Waals surface area contributed by atoms with Gasteiger partial charge in [0.1, 0.15) is 11.6 Å². The zero-order valence-electron chi connectivity index (χ0n) is 18.5. The molecule has 2 heterocycles. The van der Waals surface area contributed by atoms with E-state index in [4.69, 9.17) is 16.3 Å². The Hall–Kier alpha value is -2.28. The molecule has 0 bridgehead atoms. The van der Waals surface area contributed by atoms with Gasteiger partial charge in [-0.2, -0.15) is 0 Å². The summed E-state index contributed by atoms with van der Waals surface area (Å²) in [5, 5.41) is 3.41. The van der Waals surface area contributed by atoms with Crippen molar-refractivity contribution in [3.8, 4) is 0 Å². The Morgan fingerprint density at radius 3 is 2.68 bits per heavy atom. The zero-order chi connectivity index (χ0) is 22.6. The molecule has 8 heteroatoms. The van der Waals surface area contributed by atoms with E-state index in [1.807, 2.05) is 43.9 Å². The molecule has 7 nitrogen and oxygen atoms in total. The van der Waals surface area contributed by atoms with E-state index in [1.165, 1.54) is 0 Å². The third-order valence-corrected chi connectivity index (χ3v) is 6.05. The van der Waals surface area contributed by atoms with E-state index in [1.54, 1.807) is 11.0 Å². The highest BCUT2D eigenvalue weighted by molar-refractivity contribution is 6.31. The number of rotatable bonds is 5. The summed E-state index contributed by atoms with van der Waals surface area (Å²) >= 11 is 6.27. The van der Waals surface area contributed by atoms with Crippen molar-refractivity contribution in [2.24, 2.45) is 5.92 Å². The average Bonchev–Trinajstić information content (AvgIpc) is 3.07. The van der Waals surface area contributed by atoms with Crippen LogP contribution in [0.25, 0.3) is 0 Å². The summed E-state index contributed by atoms with van der Waals surface area (Å²) in [6.07, 6.45) is 2.27. The van der Waals surface area contributed by atoms with Gasteiger partial charge < -0.3 is 19.9 Å². The summed E-state index contributed by atoms with van der Waals surface area (Å²) < 4.78 is 5.29. The topological polar surface area (TPSA) is 79.0 Å². The minimum Gasteiger partial charge on any atom is -0.444 e. The van der Waals surface area contributed by atoms with Gasteiger partial charge in [0.25, 0.3) is 0 Å². The van der Waals surface area contributed by atoms with Crippen LogP contribution < -0.4 is 5.32 Å². The molecule has 1 aromatic carbocycles. The molecular weight excluding hydrogens is 418 g/mol. The average molecular weight is 450 g/mol. The summed E-state index contributed by atoms with van der Waals surface area (Å²) in [7, 11) is 0. The maximum absolute atomic E-state index is 13.3. The number of hydrogen-bond donors (Lipinski definition) is 1. The number of nitrogens with zero attached hydrogens (tertiary/aromatic N) is 2. The molecule has 1 unspecified atom stereocenters. The fourth-order valence-corrected chi connectivity index (χ4v) is 4.38. The van der Waals surface area contributed by atoms with Crippen LogP contribution in [0.4, 0.5) is 4.79 Å². The Labute approximate surface area is 189 Å². The van der Waals surface area contributed by atoms with Crippen LogP contribution in [-0.2, 0) is 20.9 Å². The molecular formula is C23H32ClN3O4. The van der Waals surface area contributed by atoms with Crippen molar-refractivity contribution >= 4 is 29.5 Å². The molecule has 0 spiro atoms. The van der Waals surface area contributed by atoms with Gasteiger partial charge in [0.05, 0.1) is 0 Å². The largest absolute Gasteiger partial charge is 0.444 e. The van der Waals surface area contributed by atoms with E-state index in [0.29, 0.717) is 44.0 Å². The fraction of sp³-hybridized carbons (Fsp3) is 0.609. The summed E-state index contributed by atoms with van der Waals surface area (Å²) in [4.78, 5) is 41.2. The van der Waals surface area contributed by atoms with Crippen molar-refractivity contribution in [2.75, 3.05) is 19.6 Å². The molecule has 0 aliphatic carbocycles. The van der Waals surface area contributed by atoms with Crippen molar-refractivity contribution in [3.05, 3.63) is 34.9 Å². The minimum atomic E-state index is -0.543. The highest BCUT2D eigenvalue weighted by Gasteiger charge is 2.39. The van der Waals surface area contributed by atoms with Gasteiger partial charge in [-0.05, 0) is 57.6 Å². The van der Waals surface area contributed by atoms with Gasteiger partial charge in [0.2, 0.25) is 11.8 Å². The Morgan fingerprint density at radius 2 is 1.97 bits per heavy atom. The summed E-state index contributed by atoms with van der Waals surface area (Å²) in [6, 6.07) is 6.95. The first-order chi connectivity index (χ1) is 14.6.